The highest BCUT2D eigenvalue weighted by Crippen LogP contribution is 2.12. The van der Waals surface area contributed by atoms with Crippen molar-refractivity contribution in [3.63, 3.8) is 0 Å². The van der Waals surface area contributed by atoms with Gasteiger partial charge < -0.3 is 15.7 Å². The average Bonchev–Trinajstić information content (AvgIpc) is 2.57. The minimum absolute atomic E-state index is 0.142. The van der Waals surface area contributed by atoms with Crippen LogP contribution in [0.25, 0.3) is 0 Å². The molecule has 1 amide bonds. The molecule has 0 fully saturated rings. The lowest BCUT2D eigenvalue weighted by Gasteiger charge is -2.08. The van der Waals surface area contributed by atoms with Gasteiger partial charge in [-0.1, -0.05) is 17.7 Å². The van der Waals surface area contributed by atoms with Crippen LogP contribution < -0.4 is 10.6 Å². The predicted octanol–water partition coefficient (Wildman–Crippen LogP) is 3.22. The number of hydrogen-bond donors (Lipinski definition) is 3. The molecule has 0 radical (unpaired) electrons. The molecule has 1 aromatic carbocycles. The lowest BCUT2D eigenvalue weighted by molar-refractivity contribution is 0.102. The van der Waals surface area contributed by atoms with Gasteiger partial charge in [0.15, 0.2) is 0 Å². The molecule has 0 unspecified atom stereocenters. The molecule has 3 N–H and O–H groups in total. The van der Waals surface area contributed by atoms with Gasteiger partial charge in [0.1, 0.15) is 5.82 Å². The second-order valence-corrected chi connectivity index (χ2v) is 5.46. The Morgan fingerprint density at radius 3 is 2.52 bits per heavy atom. The van der Waals surface area contributed by atoms with Crippen LogP contribution in [0.15, 0.2) is 42.6 Å². The normalized spacial score (nSPS) is 10.3. The summed E-state index contributed by atoms with van der Waals surface area (Å²) < 4.78 is 0. The Balaban J connectivity index is 1.82. The number of amides is 1. The molecular formula is C18H23N3O2. The number of unbranched alkanes of at least 4 members (excludes halogenated alkanes) is 2. The SMILES string of the molecule is Cc1ccc(C(=O)Nc2ccc(NCCCCCO)nc2)cc1. The van der Waals surface area contributed by atoms with Crippen LogP contribution in [0.3, 0.4) is 0 Å². The highest BCUT2D eigenvalue weighted by Gasteiger charge is 2.05. The van der Waals surface area contributed by atoms with Gasteiger partial charge in [-0.2, -0.15) is 0 Å². The molecule has 122 valence electrons. The summed E-state index contributed by atoms with van der Waals surface area (Å²) in [7, 11) is 0. The average molecular weight is 313 g/mol. The lowest BCUT2D eigenvalue weighted by atomic mass is 10.1. The van der Waals surface area contributed by atoms with Crippen molar-refractivity contribution in [1.82, 2.24) is 4.98 Å². The monoisotopic (exact) mass is 313 g/mol. The highest BCUT2D eigenvalue weighted by atomic mass is 16.2. The first-order chi connectivity index (χ1) is 11.2. The number of aromatic nitrogens is 1. The van der Waals surface area contributed by atoms with Crippen molar-refractivity contribution >= 4 is 17.4 Å². The zero-order chi connectivity index (χ0) is 16.5. The number of carbonyl (C=O) groups is 1. The van der Waals surface area contributed by atoms with Crippen molar-refractivity contribution in [3.05, 3.63) is 53.7 Å². The van der Waals surface area contributed by atoms with Crippen molar-refractivity contribution in [3.8, 4) is 0 Å². The Kier molecular flexibility index (Phi) is 6.56. The smallest absolute Gasteiger partial charge is 0.255 e. The van der Waals surface area contributed by atoms with Crippen LogP contribution in [0.5, 0.6) is 0 Å². The summed E-state index contributed by atoms with van der Waals surface area (Å²) in [6, 6.07) is 11.1. The van der Waals surface area contributed by atoms with Crippen LogP contribution in [0.1, 0.15) is 35.2 Å². The molecule has 0 aliphatic carbocycles. The second kappa shape index (κ2) is 8.90. The van der Waals surface area contributed by atoms with Crippen molar-refractivity contribution in [2.75, 3.05) is 23.8 Å². The van der Waals surface area contributed by atoms with Gasteiger partial charge in [0.05, 0.1) is 11.9 Å². The number of aliphatic hydroxyl groups excluding tert-OH is 1. The molecule has 1 aromatic heterocycles. The molecule has 0 bridgehead atoms. The number of aryl methyl sites for hydroxylation is 1. The molecule has 2 rings (SSSR count). The third-order valence-electron chi connectivity index (χ3n) is 3.48. The van der Waals surface area contributed by atoms with Gasteiger partial charge in [-0.05, 0) is 50.5 Å². The molecule has 23 heavy (non-hydrogen) atoms. The van der Waals surface area contributed by atoms with E-state index in [9.17, 15) is 4.79 Å². The summed E-state index contributed by atoms with van der Waals surface area (Å²) in [5, 5.41) is 14.8. The number of hydrogen-bond acceptors (Lipinski definition) is 4. The number of carbonyl (C=O) groups excluding carboxylic acids is 1. The van der Waals surface area contributed by atoms with E-state index in [1.54, 1.807) is 18.3 Å². The molecular weight excluding hydrogens is 290 g/mol. The van der Waals surface area contributed by atoms with Gasteiger partial charge in [-0.3, -0.25) is 4.79 Å². The molecule has 5 nitrogen and oxygen atoms in total. The predicted molar refractivity (Wildman–Crippen MR) is 92.8 cm³/mol. The van der Waals surface area contributed by atoms with E-state index in [-0.39, 0.29) is 12.5 Å². The largest absolute Gasteiger partial charge is 0.396 e. The number of benzene rings is 1. The maximum absolute atomic E-state index is 12.1. The molecule has 0 aliphatic rings. The molecule has 1 heterocycles. The van der Waals surface area contributed by atoms with Crippen LogP contribution in [-0.2, 0) is 0 Å². The summed E-state index contributed by atoms with van der Waals surface area (Å²) in [5.41, 5.74) is 2.42. The fourth-order valence-electron chi connectivity index (χ4n) is 2.11. The molecule has 5 heteroatoms. The highest BCUT2D eigenvalue weighted by molar-refractivity contribution is 6.04. The van der Waals surface area contributed by atoms with Gasteiger partial charge in [0, 0.05) is 18.7 Å². The van der Waals surface area contributed by atoms with Crippen molar-refractivity contribution in [2.45, 2.75) is 26.2 Å². The van der Waals surface area contributed by atoms with Gasteiger partial charge in [0.2, 0.25) is 0 Å². The maximum Gasteiger partial charge on any atom is 0.255 e. The van der Waals surface area contributed by atoms with Gasteiger partial charge in [-0.15, -0.1) is 0 Å². The first-order valence-corrected chi connectivity index (χ1v) is 7.88. The Morgan fingerprint density at radius 2 is 1.87 bits per heavy atom. The van der Waals surface area contributed by atoms with E-state index in [0.717, 1.165) is 37.2 Å². The van der Waals surface area contributed by atoms with E-state index in [0.29, 0.717) is 11.3 Å². The fourth-order valence-corrected chi connectivity index (χ4v) is 2.11. The minimum Gasteiger partial charge on any atom is -0.396 e. The van der Waals surface area contributed by atoms with E-state index in [2.05, 4.69) is 15.6 Å². The lowest BCUT2D eigenvalue weighted by Crippen LogP contribution is -2.12. The molecule has 0 saturated carbocycles. The molecule has 0 aliphatic heterocycles. The van der Waals surface area contributed by atoms with Crippen LogP contribution in [0.2, 0.25) is 0 Å². The molecule has 0 spiro atoms. The number of aliphatic hydroxyl groups is 1. The fraction of sp³-hybridized carbons (Fsp3) is 0.333. The number of anilines is 2. The van der Waals surface area contributed by atoms with Crippen molar-refractivity contribution in [1.29, 1.82) is 0 Å². The van der Waals surface area contributed by atoms with Crippen LogP contribution in [-0.4, -0.2) is 29.1 Å². The Bertz CT molecular complexity index is 609. The van der Waals surface area contributed by atoms with Gasteiger partial charge in [0.25, 0.3) is 5.91 Å². The third-order valence-corrected chi connectivity index (χ3v) is 3.48. The van der Waals surface area contributed by atoms with E-state index in [4.69, 9.17) is 5.11 Å². The summed E-state index contributed by atoms with van der Waals surface area (Å²) >= 11 is 0. The van der Waals surface area contributed by atoms with Crippen LogP contribution in [0.4, 0.5) is 11.5 Å². The van der Waals surface area contributed by atoms with E-state index in [1.165, 1.54) is 0 Å². The summed E-state index contributed by atoms with van der Waals surface area (Å²) in [4.78, 5) is 16.4. The molecule has 2 aromatic rings. The quantitative estimate of drug-likeness (QED) is 0.654. The van der Waals surface area contributed by atoms with E-state index >= 15 is 0 Å². The first-order valence-electron chi connectivity index (χ1n) is 7.88. The van der Waals surface area contributed by atoms with Crippen molar-refractivity contribution < 1.29 is 9.90 Å². The zero-order valence-corrected chi connectivity index (χ0v) is 13.4. The zero-order valence-electron chi connectivity index (χ0n) is 13.4. The van der Waals surface area contributed by atoms with E-state index in [1.807, 2.05) is 31.2 Å². The number of rotatable bonds is 8. The summed E-state index contributed by atoms with van der Waals surface area (Å²) in [6.45, 7) is 3.05. The minimum atomic E-state index is -0.142. The van der Waals surface area contributed by atoms with Gasteiger partial charge in [-0.25, -0.2) is 4.98 Å². The summed E-state index contributed by atoms with van der Waals surface area (Å²) in [6.07, 6.45) is 4.46. The molecule has 0 atom stereocenters. The Labute approximate surface area is 136 Å². The number of nitrogens with one attached hydrogen (secondary N) is 2. The maximum atomic E-state index is 12.1. The van der Waals surface area contributed by atoms with Crippen molar-refractivity contribution in [2.24, 2.45) is 0 Å². The van der Waals surface area contributed by atoms with Crippen LogP contribution >= 0.6 is 0 Å². The standard InChI is InChI=1S/C18H23N3O2/c1-14-5-7-15(8-6-14)18(23)21-16-9-10-17(20-13-16)19-11-3-2-4-12-22/h5-10,13,22H,2-4,11-12H2,1H3,(H,19,20)(H,21,23). The third kappa shape index (κ3) is 5.71. The molecule has 0 saturated heterocycles. The van der Waals surface area contributed by atoms with E-state index < -0.39 is 0 Å². The van der Waals surface area contributed by atoms with Gasteiger partial charge >= 0.3 is 0 Å². The van der Waals surface area contributed by atoms with Crippen LogP contribution in [0, 0.1) is 6.92 Å². The topological polar surface area (TPSA) is 74.2 Å². The Morgan fingerprint density at radius 1 is 1.09 bits per heavy atom. The number of nitrogens with zero attached hydrogens (tertiary/aromatic N) is 1. The number of pyridine rings is 1. The Hall–Kier alpha value is -2.40. The second-order valence-electron chi connectivity index (χ2n) is 5.46. The first kappa shape index (κ1) is 17.0. The summed E-state index contributed by atoms with van der Waals surface area (Å²) in [5.74, 6) is 0.638.